The number of hydrogen-bond acceptors (Lipinski definition) is 5. The van der Waals surface area contributed by atoms with Gasteiger partial charge in [-0.15, -0.1) is 11.3 Å². The topological polar surface area (TPSA) is 51.6 Å². The van der Waals surface area contributed by atoms with Gasteiger partial charge in [0.05, 0.1) is 5.01 Å². The quantitative estimate of drug-likeness (QED) is 0.591. The Morgan fingerprint density at radius 1 is 0.727 bits per heavy atom. The van der Waals surface area contributed by atoms with Crippen molar-refractivity contribution >= 4 is 11.3 Å². The molecule has 5 heteroatoms. The highest BCUT2D eigenvalue weighted by Crippen LogP contribution is 1.98. The third kappa shape index (κ3) is 11.7. The Bertz CT molecular complexity index is 516. The van der Waals surface area contributed by atoms with Gasteiger partial charge in [-0.2, -0.15) is 0 Å². The fourth-order valence-electron chi connectivity index (χ4n) is 1.12. The first-order chi connectivity index (χ1) is 9.68. The number of pyridine rings is 1. The van der Waals surface area contributed by atoms with Crippen molar-refractivity contribution in [3.05, 3.63) is 71.0 Å². The third-order valence-corrected chi connectivity index (χ3v) is 2.77. The van der Waals surface area contributed by atoms with E-state index in [1.54, 1.807) is 42.2 Å². The van der Waals surface area contributed by atoms with Crippen molar-refractivity contribution in [1.82, 2.24) is 19.9 Å². The molecule has 0 atom stereocenters. The molecular weight excluding hydrogens is 292 g/mol. The molecule has 0 aliphatic heterocycles. The van der Waals surface area contributed by atoms with Gasteiger partial charge in [0, 0.05) is 35.9 Å². The molecule has 3 rings (SSSR count). The summed E-state index contributed by atoms with van der Waals surface area (Å²) in [7, 11) is 0. The first kappa shape index (κ1) is 22.1. The normalized spacial score (nSPS) is 7.95. The second-order valence-corrected chi connectivity index (χ2v) is 4.92. The summed E-state index contributed by atoms with van der Waals surface area (Å²) < 4.78 is 0. The molecule has 3 aromatic rings. The average molecular weight is 318 g/mol. The van der Waals surface area contributed by atoms with Crippen molar-refractivity contribution in [2.75, 3.05) is 0 Å². The van der Waals surface area contributed by atoms with Crippen LogP contribution in [0.25, 0.3) is 0 Å². The number of nitrogens with zero attached hydrogens (tertiary/aromatic N) is 4. The van der Waals surface area contributed by atoms with Crippen LogP contribution in [-0.2, 0) is 0 Å². The van der Waals surface area contributed by atoms with Gasteiger partial charge in [0.1, 0.15) is 5.82 Å². The fourth-order valence-corrected chi connectivity index (χ4v) is 1.56. The minimum absolute atomic E-state index is 0. The molecule has 0 amide bonds. The van der Waals surface area contributed by atoms with E-state index >= 15 is 0 Å². The summed E-state index contributed by atoms with van der Waals surface area (Å²) in [4.78, 5) is 15.7. The first-order valence-corrected chi connectivity index (χ1v) is 7.04. The van der Waals surface area contributed by atoms with Gasteiger partial charge >= 0.3 is 0 Å². The Labute approximate surface area is 138 Å². The highest BCUT2D eigenvalue weighted by Gasteiger charge is 1.76. The SMILES string of the molecule is C.C.Cc1ccccn1.Cc1ncccn1.Cc1nccs1. The highest BCUT2D eigenvalue weighted by atomic mass is 32.1. The largest absolute Gasteiger partial charge is 0.262 e. The molecular formula is C17H26N4S. The molecule has 4 nitrogen and oxygen atoms in total. The summed E-state index contributed by atoms with van der Waals surface area (Å²) in [6.45, 7) is 5.82. The number of rotatable bonds is 0. The zero-order valence-electron chi connectivity index (χ0n) is 11.9. The maximum absolute atomic E-state index is 3.98. The van der Waals surface area contributed by atoms with Gasteiger partial charge in [0.15, 0.2) is 0 Å². The molecule has 0 aliphatic carbocycles. The van der Waals surface area contributed by atoms with Crippen molar-refractivity contribution in [2.24, 2.45) is 0 Å². The Kier molecular flexibility index (Phi) is 13.9. The first-order valence-electron chi connectivity index (χ1n) is 6.16. The predicted octanol–water partition coefficient (Wildman–Crippen LogP) is 4.90. The summed E-state index contributed by atoms with van der Waals surface area (Å²) in [5.41, 5.74) is 1.07. The maximum atomic E-state index is 3.98. The van der Waals surface area contributed by atoms with E-state index in [-0.39, 0.29) is 14.9 Å². The molecule has 0 fully saturated rings. The van der Waals surface area contributed by atoms with Crippen molar-refractivity contribution in [2.45, 2.75) is 35.6 Å². The van der Waals surface area contributed by atoms with Crippen LogP contribution < -0.4 is 0 Å². The van der Waals surface area contributed by atoms with E-state index < -0.39 is 0 Å². The van der Waals surface area contributed by atoms with E-state index in [0.29, 0.717) is 0 Å². The van der Waals surface area contributed by atoms with E-state index in [4.69, 9.17) is 0 Å². The standard InChI is InChI=1S/C6H7N.C5H6N2.C4H5NS.2CH4/c1-6-4-2-3-5-7-6;1-5-6-3-2-4-7-5;1-4-5-2-3-6-4;;/h2-5H,1H3;2-4H,1H3;2-3H,1H3;2*1H4. The van der Waals surface area contributed by atoms with Gasteiger partial charge in [0.2, 0.25) is 0 Å². The molecule has 0 unspecified atom stereocenters. The summed E-state index contributed by atoms with van der Waals surface area (Å²) in [6, 6.07) is 7.66. The molecule has 0 spiro atoms. The van der Waals surface area contributed by atoms with Crippen molar-refractivity contribution in [1.29, 1.82) is 0 Å². The zero-order valence-corrected chi connectivity index (χ0v) is 12.7. The van der Waals surface area contributed by atoms with Gasteiger partial charge in [-0.05, 0) is 39.0 Å². The molecule has 120 valence electrons. The predicted molar refractivity (Wildman–Crippen MR) is 96.1 cm³/mol. The molecule has 0 N–H and O–H groups in total. The minimum Gasteiger partial charge on any atom is -0.262 e. The van der Waals surface area contributed by atoms with E-state index in [1.807, 2.05) is 44.4 Å². The highest BCUT2D eigenvalue weighted by molar-refractivity contribution is 7.09. The monoisotopic (exact) mass is 318 g/mol. The van der Waals surface area contributed by atoms with E-state index in [0.717, 1.165) is 16.5 Å². The van der Waals surface area contributed by atoms with Gasteiger partial charge in [-0.3, -0.25) is 9.97 Å². The van der Waals surface area contributed by atoms with Gasteiger partial charge in [-0.1, -0.05) is 20.9 Å². The summed E-state index contributed by atoms with van der Waals surface area (Å²) in [5, 5.41) is 3.10. The maximum Gasteiger partial charge on any atom is 0.125 e. The number of aryl methyl sites for hydroxylation is 3. The lowest BCUT2D eigenvalue weighted by Crippen LogP contribution is -1.80. The van der Waals surface area contributed by atoms with Crippen LogP contribution in [0.1, 0.15) is 31.4 Å². The molecule has 0 saturated carbocycles. The molecule has 3 heterocycles. The average Bonchev–Trinajstić information content (AvgIpc) is 2.93. The van der Waals surface area contributed by atoms with Crippen LogP contribution in [0.15, 0.2) is 54.4 Å². The Morgan fingerprint density at radius 2 is 1.36 bits per heavy atom. The van der Waals surface area contributed by atoms with E-state index in [9.17, 15) is 0 Å². The lowest BCUT2D eigenvalue weighted by atomic mass is 10.4. The van der Waals surface area contributed by atoms with Crippen LogP contribution in [0.4, 0.5) is 0 Å². The Balaban J connectivity index is 0. The van der Waals surface area contributed by atoms with Gasteiger partial charge < -0.3 is 0 Å². The van der Waals surface area contributed by atoms with Crippen molar-refractivity contribution < 1.29 is 0 Å². The summed E-state index contributed by atoms with van der Waals surface area (Å²) in [6.07, 6.45) is 7.04. The molecule has 0 radical (unpaired) electrons. The molecule has 3 aromatic heterocycles. The molecule has 0 aliphatic rings. The zero-order chi connectivity index (χ0) is 14.6. The van der Waals surface area contributed by atoms with Crippen LogP contribution in [-0.4, -0.2) is 19.9 Å². The van der Waals surface area contributed by atoms with Gasteiger partial charge in [0.25, 0.3) is 0 Å². The van der Waals surface area contributed by atoms with Gasteiger partial charge in [-0.25, -0.2) is 9.97 Å². The number of aromatic nitrogens is 4. The lowest BCUT2D eigenvalue weighted by molar-refractivity contribution is 1.05. The Hall–Kier alpha value is -2.14. The second-order valence-electron chi connectivity index (χ2n) is 3.82. The second kappa shape index (κ2) is 13.8. The smallest absolute Gasteiger partial charge is 0.125 e. The minimum atomic E-state index is 0. The molecule has 0 saturated heterocycles. The van der Waals surface area contributed by atoms with Crippen molar-refractivity contribution in [3.8, 4) is 0 Å². The number of hydrogen-bond donors (Lipinski definition) is 0. The summed E-state index contributed by atoms with van der Waals surface area (Å²) >= 11 is 1.67. The van der Waals surface area contributed by atoms with Crippen molar-refractivity contribution in [3.63, 3.8) is 0 Å². The van der Waals surface area contributed by atoms with Crippen LogP contribution in [0.5, 0.6) is 0 Å². The molecule has 0 bridgehead atoms. The fraction of sp³-hybridized carbons (Fsp3) is 0.294. The third-order valence-electron chi connectivity index (χ3n) is 2.06. The summed E-state index contributed by atoms with van der Waals surface area (Å²) in [5.74, 6) is 0.822. The lowest BCUT2D eigenvalue weighted by Gasteiger charge is -1.82. The molecule has 0 aromatic carbocycles. The van der Waals surface area contributed by atoms with E-state index in [2.05, 4.69) is 19.9 Å². The molecule has 22 heavy (non-hydrogen) atoms. The van der Waals surface area contributed by atoms with E-state index in [1.165, 1.54) is 0 Å². The van der Waals surface area contributed by atoms with Crippen LogP contribution in [0.3, 0.4) is 0 Å². The number of thiazole rings is 1. The van der Waals surface area contributed by atoms with Crippen LogP contribution in [0.2, 0.25) is 0 Å². The van der Waals surface area contributed by atoms with Crippen LogP contribution >= 0.6 is 11.3 Å². The van der Waals surface area contributed by atoms with Crippen LogP contribution in [0, 0.1) is 20.8 Å². The Morgan fingerprint density at radius 3 is 1.59 bits per heavy atom.